The van der Waals surface area contributed by atoms with E-state index in [1.165, 1.54) is 12.3 Å². The summed E-state index contributed by atoms with van der Waals surface area (Å²) in [7, 11) is 0. The molecule has 1 N–H and O–H groups in total. The molecule has 1 fully saturated rings. The fraction of sp³-hybridized carbons (Fsp3) is 0.409. The summed E-state index contributed by atoms with van der Waals surface area (Å²) in [5.41, 5.74) is -2.24. The van der Waals surface area contributed by atoms with Gasteiger partial charge >= 0.3 is 12.3 Å². The largest absolute Gasteiger partial charge is 0.464 e. The van der Waals surface area contributed by atoms with Crippen LogP contribution in [0.5, 0.6) is 0 Å². The van der Waals surface area contributed by atoms with Crippen molar-refractivity contribution in [3.05, 3.63) is 52.4 Å². The number of alkyl halides is 3. The topological polar surface area (TPSA) is 92.8 Å². The Balaban J connectivity index is 1.65. The quantitative estimate of drug-likeness (QED) is 0.620. The Morgan fingerprint density at radius 1 is 1.24 bits per heavy atom. The molecular weight excluding hydrogens is 455 g/mol. The van der Waals surface area contributed by atoms with E-state index in [0.29, 0.717) is 48.6 Å². The van der Waals surface area contributed by atoms with Crippen LogP contribution in [-0.4, -0.2) is 63.3 Å². The number of halogens is 3. The van der Waals surface area contributed by atoms with Crippen LogP contribution in [0.2, 0.25) is 0 Å². The molecule has 180 valence electrons. The molecule has 0 aliphatic carbocycles. The number of benzene rings is 1. The molecule has 0 spiro atoms. The number of ether oxygens (including phenoxy) is 1. The molecule has 0 saturated carbocycles. The number of para-hydroxylation sites is 1. The number of nitrogens with zero attached hydrogens (tertiary/aromatic N) is 5. The molecule has 4 heterocycles. The molecule has 2 aromatic heterocycles. The SMILES string of the molecule is C[C@@]1(C(F)(F)F)Cn2c(nc(N3CCOCC3)cc2=O)N1Cc1cn(C(=O)O)c2ccccc12. The number of rotatable bonds is 3. The molecule has 0 amide bonds. The Bertz CT molecular complexity index is 1330. The summed E-state index contributed by atoms with van der Waals surface area (Å²) in [6, 6.07) is 7.86. The highest BCUT2D eigenvalue weighted by atomic mass is 19.4. The Morgan fingerprint density at radius 3 is 2.62 bits per heavy atom. The first-order chi connectivity index (χ1) is 16.1. The Labute approximate surface area is 191 Å². The second-order valence-corrected chi connectivity index (χ2v) is 8.62. The van der Waals surface area contributed by atoms with Crippen molar-refractivity contribution in [2.75, 3.05) is 36.1 Å². The van der Waals surface area contributed by atoms with Gasteiger partial charge in [-0.15, -0.1) is 0 Å². The van der Waals surface area contributed by atoms with Crippen molar-refractivity contribution in [2.24, 2.45) is 0 Å². The standard InChI is InChI=1S/C22H22F3N5O4/c1-21(22(23,24)25)13-29-18(31)10-17(27-6-8-34-9-7-27)26-19(29)30(21)12-14-11-28(20(32)33)16-5-3-2-4-15(14)16/h2-5,10-11H,6-9,12-13H2,1H3,(H,32,33)/t21-/m0/s1. The average Bonchev–Trinajstić information content (AvgIpc) is 3.31. The molecule has 2 aliphatic heterocycles. The van der Waals surface area contributed by atoms with Gasteiger partial charge in [-0.05, 0) is 18.6 Å². The van der Waals surface area contributed by atoms with E-state index in [0.717, 1.165) is 21.0 Å². The van der Waals surface area contributed by atoms with Gasteiger partial charge < -0.3 is 19.6 Å². The van der Waals surface area contributed by atoms with E-state index in [2.05, 4.69) is 4.98 Å². The minimum Gasteiger partial charge on any atom is -0.464 e. The highest BCUT2D eigenvalue weighted by Crippen LogP contribution is 2.44. The van der Waals surface area contributed by atoms with E-state index < -0.39 is 29.9 Å². The van der Waals surface area contributed by atoms with Gasteiger partial charge in [0.1, 0.15) is 5.82 Å². The van der Waals surface area contributed by atoms with Gasteiger partial charge in [0.2, 0.25) is 5.95 Å². The van der Waals surface area contributed by atoms with Crippen LogP contribution >= 0.6 is 0 Å². The molecule has 2 aliphatic rings. The summed E-state index contributed by atoms with van der Waals surface area (Å²) < 4.78 is 50.5. The van der Waals surface area contributed by atoms with E-state index in [1.807, 2.05) is 4.90 Å². The van der Waals surface area contributed by atoms with Crippen LogP contribution in [0.4, 0.5) is 29.7 Å². The third-order valence-electron chi connectivity index (χ3n) is 6.55. The molecule has 12 heteroatoms. The van der Waals surface area contributed by atoms with Gasteiger partial charge in [-0.25, -0.2) is 4.79 Å². The lowest BCUT2D eigenvalue weighted by atomic mass is 10.00. The van der Waals surface area contributed by atoms with Crippen molar-refractivity contribution in [1.29, 1.82) is 0 Å². The summed E-state index contributed by atoms with van der Waals surface area (Å²) in [4.78, 5) is 31.9. The molecule has 0 unspecified atom stereocenters. The molecule has 1 saturated heterocycles. The lowest BCUT2D eigenvalue weighted by Crippen LogP contribution is -2.55. The number of fused-ring (bicyclic) bond motifs is 2. The monoisotopic (exact) mass is 477 g/mol. The Kier molecular flexibility index (Phi) is 5.08. The summed E-state index contributed by atoms with van der Waals surface area (Å²) in [5.74, 6) is 0.199. The normalized spacial score (nSPS) is 20.7. The predicted molar refractivity (Wildman–Crippen MR) is 118 cm³/mol. The molecule has 9 nitrogen and oxygen atoms in total. The van der Waals surface area contributed by atoms with Crippen LogP contribution < -0.4 is 15.4 Å². The maximum Gasteiger partial charge on any atom is 0.416 e. The van der Waals surface area contributed by atoms with Gasteiger partial charge in [0.25, 0.3) is 5.56 Å². The summed E-state index contributed by atoms with van der Waals surface area (Å²) in [6.45, 7) is 1.94. The first-order valence-electron chi connectivity index (χ1n) is 10.7. The van der Waals surface area contributed by atoms with Crippen molar-refractivity contribution in [1.82, 2.24) is 14.1 Å². The Morgan fingerprint density at radius 2 is 1.94 bits per heavy atom. The molecule has 0 bridgehead atoms. The summed E-state index contributed by atoms with van der Waals surface area (Å²) in [5, 5.41) is 10.1. The zero-order valence-corrected chi connectivity index (χ0v) is 18.2. The van der Waals surface area contributed by atoms with Crippen LogP contribution in [0, 0.1) is 0 Å². The van der Waals surface area contributed by atoms with Gasteiger partial charge in [-0.3, -0.25) is 13.9 Å². The minimum absolute atomic E-state index is 0.0963. The smallest absolute Gasteiger partial charge is 0.416 e. The van der Waals surface area contributed by atoms with Crippen LogP contribution in [0.15, 0.2) is 41.3 Å². The number of hydrogen-bond acceptors (Lipinski definition) is 6. The van der Waals surface area contributed by atoms with Gasteiger partial charge in [0.15, 0.2) is 5.54 Å². The van der Waals surface area contributed by atoms with Crippen molar-refractivity contribution in [2.45, 2.75) is 31.7 Å². The van der Waals surface area contributed by atoms with E-state index in [1.54, 1.807) is 24.3 Å². The molecule has 34 heavy (non-hydrogen) atoms. The summed E-state index contributed by atoms with van der Waals surface area (Å²) >= 11 is 0. The third-order valence-corrected chi connectivity index (χ3v) is 6.55. The molecule has 1 aromatic carbocycles. The van der Waals surface area contributed by atoms with Gasteiger partial charge in [-0.2, -0.15) is 18.2 Å². The third kappa shape index (κ3) is 3.40. The van der Waals surface area contributed by atoms with Crippen molar-refractivity contribution in [3.8, 4) is 0 Å². The van der Waals surface area contributed by atoms with Crippen LogP contribution in [-0.2, 0) is 17.8 Å². The van der Waals surface area contributed by atoms with Crippen molar-refractivity contribution < 1.29 is 27.8 Å². The molecule has 0 radical (unpaired) electrons. The van der Waals surface area contributed by atoms with Crippen molar-refractivity contribution >= 4 is 28.8 Å². The molecule has 5 rings (SSSR count). The molecule has 1 atom stereocenters. The lowest BCUT2D eigenvalue weighted by Gasteiger charge is -2.37. The Hall–Kier alpha value is -3.54. The number of aromatic nitrogens is 3. The van der Waals surface area contributed by atoms with Gasteiger partial charge in [-0.1, -0.05) is 18.2 Å². The first kappa shape index (κ1) is 22.3. The number of morpholine rings is 1. The predicted octanol–water partition coefficient (Wildman–Crippen LogP) is 2.90. The van der Waals surface area contributed by atoms with E-state index in [4.69, 9.17) is 4.74 Å². The highest BCUT2D eigenvalue weighted by molar-refractivity contribution is 5.91. The zero-order chi connectivity index (χ0) is 24.3. The fourth-order valence-electron chi connectivity index (χ4n) is 4.60. The van der Waals surface area contributed by atoms with E-state index in [9.17, 15) is 27.9 Å². The van der Waals surface area contributed by atoms with Crippen LogP contribution in [0.1, 0.15) is 12.5 Å². The number of anilines is 2. The average molecular weight is 477 g/mol. The van der Waals surface area contributed by atoms with E-state index >= 15 is 0 Å². The van der Waals surface area contributed by atoms with Crippen LogP contribution in [0.25, 0.3) is 10.9 Å². The highest BCUT2D eigenvalue weighted by Gasteiger charge is 2.60. The maximum atomic E-state index is 14.4. The van der Waals surface area contributed by atoms with Gasteiger partial charge in [0.05, 0.1) is 25.3 Å². The summed E-state index contributed by atoms with van der Waals surface area (Å²) in [6.07, 6.45) is -4.61. The first-order valence-corrected chi connectivity index (χ1v) is 10.7. The van der Waals surface area contributed by atoms with Crippen molar-refractivity contribution in [3.63, 3.8) is 0 Å². The van der Waals surface area contributed by atoms with E-state index in [-0.39, 0.29) is 12.5 Å². The second kappa shape index (κ2) is 7.76. The molecule has 3 aromatic rings. The minimum atomic E-state index is -4.68. The lowest BCUT2D eigenvalue weighted by molar-refractivity contribution is -0.182. The maximum absolute atomic E-state index is 14.4. The zero-order valence-electron chi connectivity index (χ0n) is 18.2. The molecular formula is C22H22F3N5O4. The fourth-order valence-corrected chi connectivity index (χ4v) is 4.60. The number of carboxylic acid groups (broad SMARTS) is 1. The van der Waals surface area contributed by atoms with Gasteiger partial charge in [0, 0.05) is 37.3 Å². The van der Waals surface area contributed by atoms with Crippen LogP contribution in [0.3, 0.4) is 0 Å². The second-order valence-electron chi connectivity index (χ2n) is 8.62. The number of hydrogen-bond donors (Lipinski definition) is 1. The number of carbonyl (C=O) groups is 1.